The van der Waals surface area contributed by atoms with Crippen LogP contribution in [-0.4, -0.2) is 20.9 Å². The van der Waals surface area contributed by atoms with E-state index in [0.717, 1.165) is 5.69 Å². The van der Waals surface area contributed by atoms with Gasteiger partial charge in [-0.1, -0.05) is 18.2 Å². The van der Waals surface area contributed by atoms with Gasteiger partial charge in [-0.05, 0) is 36.4 Å². The first-order chi connectivity index (χ1) is 10.6. The highest BCUT2D eigenvalue weighted by Gasteiger charge is 2.14. The highest BCUT2D eigenvalue weighted by Crippen LogP contribution is 2.24. The quantitative estimate of drug-likeness (QED) is 0.803. The third kappa shape index (κ3) is 2.88. The van der Waals surface area contributed by atoms with Crippen LogP contribution in [-0.2, 0) is 11.2 Å². The van der Waals surface area contributed by atoms with Crippen LogP contribution in [0.1, 0.15) is 5.56 Å². The van der Waals surface area contributed by atoms with Crippen molar-refractivity contribution in [1.82, 2.24) is 9.78 Å². The van der Waals surface area contributed by atoms with Crippen LogP contribution >= 0.6 is 0 Å². The van der Waals surface area contributed by atoms with Gasteiger partial charge in [0, 0.05) is 17.3 Å². The van der Waals surface area contributed by atoms with Gasteiger partial charge in [0.15, 0.2) is 0 Å². The number of aliphatic carboxylic acids is 1. The molecule has 0 radical (unpaired) electrons. The van der Waals surface area contributed by atoms with E-state index >= 15 is 0 Å². The van der Waals surface area contributed by atoms with Gasteiger partial charge in [-0.3, -0.25) is 4.79 Å². The zero-order chi connectivity index (χ0) is 15.5. The summed E-state index contributed by atoms with van der Waals surface area (Å²) in [7, 11) is 0. The molecule has 0 spiro atoms. The molecule has 2 aromatic carbocycles. The van der Waals surface area contributed by atoms with Crippen LogP contribution in [0.2, 0.25) is 0 Å². The molecule has 1 N–H and O–H groups in total. The van der Waals surface area contributed by atoms with E-state index in [1.807, 2.05) is 30.3 Å². The number of hydrogen-bond donors (Lipinski definition) is 1. The summed E-state index contributed by atoms with van der Waals surface area (Å²) in [5.41, 5.74) is 2.66. The number of para-hydroxylation sites is 1. The van der Waals surface area contributed by atoms with E-state index < -0.39 is 5.97 Å². The molecule has 22 heavy (non-hydrogen) atoms. The maximum atomic E-state index is 13.1. The second kappa shape index (κ2) is 5.81. The third-order valence-electron chi connectivity index (χ3n) is 3.27. The molecular formula is C17H13FN2O2. The lowest BCUT2D eigenvalue weighted by Gasteiger charge is -2.01. The zero-order valence-corrected chi connectivity index (χ0v) is 11.6. The van der Waals surface area contributed by atoms with E-state index in [1.54, 1.807) is 23.0 Å². The van der Waals surface area contributed by atoms with Crippen LogP contribution in [0.3, 0.4) is 0 Å². The Kier molecular flexibility index (Phi) is 3.70. The topological polar surface area (TPSA) is 55.1 Å². The molecule has 1 aromatic heterocycles. The SMILES string of the molecule is O=C(O)Cc1cn(-c2ccccc2)nc1-c1ccc(F)cc1. The van der Waals surface area contributed by atoms with E-state index in [-0.39, 0.29) is 12.2 Å². The van der Waals surface area contributed by atoms with Crippen molar-refractivity contribution in [1.29, 1.82) is 0 Å². The molecule has 0 fully saturated rings. The second-order valence-corrected chi connectivity index (χ2v) is 4.86. The standard InChI is InChI=1S/C17H13FN2O2/c18-14-8-6-12(7-9-14)17-13(10-16(21)22)11-20(19-17)15-4-2-1-3-5-15/h1-9,11H,10H2,(H,21,22). The van der Waals surface area contributed by atoms with Crippen molar-refractivity contribution in [2.24, 2.45) is 0 Å². The van der Waals surface area contributed by atoms with Crippen molar-refractivity contribution >= 4 is 5.97 Å². The van der Waals surface area contributed by atoms with E-state index in [4.69, 9.17) is 5.11 Å². The Labute approximate surface area is 126 Å². The van der Waals surface area contributed by atoms with Crippen LogP contribution in [0.25, 0.3) is 16.9 Å². The molecule has 3 rings (SSSR count). The molecule has 0 aliphatic heterocycles. The summed E-state index contributed by atoms with van der Waals surface area (Å²) in [6.07, 6.45) is 1.56. The summed E-state index contributed by atoms with van der Waals surface area (Å²) >= 11 is 0. The Balaban J connectivity index is 2.09. The Morgan fingerprint density at radius 2 is 1.77 bits per heavy atom. The monoisotopic (exact) mass is 296 g/mol. The molecule has 0 saturated carbocycles. The smallest absolute Gasteiger partial charge is 0.307 e. The third-order valence-corrected chi connectivity index (χ3v) is 3.27. The number of benzene rings is 2. The van der Waals surface area contributed by atoms with E-state index in [2.05, 4.69) is 5.10 Å². The predicted molar refractivity (Wildman–Crippen MR) is 80.3 cm³/mol. The number of carboxylic acid groups (broad SMARTS) is 1. The maximum Gasteiger partial charge on any atom is 0.307 e. The fourth-order valence-corrected chi connectivity index (χ4v) is 2.27. The zero-order valence-electron chi connectivity index (χ0n) is 11.6. The molecule has 3 aromatic rings. The Morgan fingerprint density at radius 1 is 1.09 bits per heavy atom. The minimum atomic E-state index is -0.934. The number of rotatable bonds is 4. The average Bonchev–Trinajstić information content (AvgIpc) is 2.92. The molecule has 0 bridgehead atoms. The van der Waals surface area contributed by atoms with Gasteiger partial charge in [0.2, 0.25) is 0 Å². The molecule has 0 saturated heterocycles. The number of carboxylic acids is 1. The largest absolute Gasteiger partial charge is 0.481 e. The maximum absolute atomic E-state index is 13.1. The Hall–Kier alpha value is -2.95. The van der Waals surface area contributed by atoms with Crippen molar-refractivity contribution in [3.63, 3.8) is 0 Å². The summed E-state index contributed by atoms with van der Waals surface area (Å²) in [5, 5.41) is 13.5. The molecule has 1 heterocycles. The van der Waals surface area contributed by atoms with Crippen molar-refractivity contribution in [3.05, 3.63) is 72.2 Å². The molecule has 5 heteroatoms. The fraction of sp³-hybridized carbons (Fsp3) is 0.0588. The van der Waals surface area contributed by atoms with Crippen molar-refractivity contribution in [2.75, 3.05) is 0 Å². The van der Waals surface area contributed by atoms with Gasteiger partial charge < -0.3 is 5.11 Å². The van der Waals surface area contributed by atoms with Gasteiger partial charge in [0.25, 0.3) is 0 Å². The Morgan fingerprint density at radius 3 is 2.41 bits per heavy atom. The molecule has 0 aliphatic carbocycles. The molecule has 0 aliphatic rings. The summed E-state index contributed by atoms with van der Waals surface area (Å²) in [5.74, 6) is -1.28. The van der Waals surface area contributed by atoms with E-state index in [0.29, 0.717) is 16.8 Å². The van der Waals surface area contributed by atoms with Gasteiger partial charge in [-0.25, -0.2) is 9.07 Å². The molecule has 110 valence electrons. The number of aromatic nitrogens is 2. The molecule has 0 atom stereocenters. The molecule has 0 unspecified atom stereocenters. The van der Waals surface area contributed by atoms with Crippen LogP contribution in [0.4, 0.5) is 4.39 Å². The fourth-order valence-electron chi connectivity index (χ4n) is 2.27. The normalized spacial score (nSPS) is 10.6. The summed E-state index contributed by atoms with van der Waals surface area (Å²) < 4.78 is 14.7. The lowest BCUT2D eigenvalue weighted by Crippen LogP contribution is -2.00. The minimum Gasteiger partial charge on any atom is -0.481 e. The Bertz CT molecular complexity index is 795. The molecule has 4 nitrogen and oxygen atoms in total. The first kappa shape index (κ1) is 14.0. The van der Waals surface area contributed by atoms with E-state index in [9.17, 15) is 9.18 Å². The van der Waals surface area contributed by atoms with Gasteiger partial charge in [-0.15, -0.1) is 0 Å². The lowest BCUT2D eigenvalue weighted by molar-refractivity contribution is -0.136. The van der Waals surface area contributed by atoms with Crippen molar-refractivity contribution in [3.8, 4) is 16.9 Å². The lowest BCUT2D eigenvalue weighted by atomic mass is 10.1. The second-order valence-electron chi connectivity index (χ2n) is 4.86. The number of carbonyl (C=O) groups is 1. The summed E-state index contributed by atoms with van der Waals surface area (Å²) in [6.45, 7) is 0. The number of nitrogens with zero attached hydrogens (tertiary/aromatic N) is 2. The van der Waals surface area contributed by atoms with Gasteiger partial charge in [-0.2, -0.15) is 5.10 Å². The van der Waals surface area contributed by atoms with Gasteiger partial charge in [0.05, 0.1) is 17.8 Å². The van der Waals surface area contributed by atoms with Crippen LogP contribution in [0.15, 0.2) is 60.8 Å². The molecular weight excluding hydrogens is 283 g/mol. The van der Waals surface area contributed by atoms with Crippen LogP contribution < -0.4 is 0 Å². The highest BCUT2D eigenvalue weighted by atomic mass is 19.1. The first-order valence-corrected chi connectivity index (χ1v) is 6.75. The predicted octanol–water partition coefficient (Wildman–Crippen LogP) is 3.31. The first-order valence-electron chi connectivity index (χ1n) is 6.75. The summed E-state index contributed by atoms with van der Waals surface area (Å²) in [6, 6.07) is 15.3. The highest BCUT2D eigenvalue weighted by molar-refractivity contribution is 5.75. The van der Waals surface area contributed by atoms with Crippen molar-refractivity contribution in [2.45, 2.75) is 6.42 Å². The number of halogens is 1. The van der Waals surface area contributed by atoms with Crippen LogP contribution in [0, 0.1) is 5.82 Å². The average molecular weight is 296 g/mol. The molecule has 0 amide bonds. The van der Waals surface area contributed by atoms with E-state index in [1.165, 1.54) is 12.1 Å². The minimum absolute atomic E-state index is 0.139. The number of hydrogen-bond acceptors (Lipinski definition) is 2. The van der Waals surface area contributed by atoms with Crippen LogP contribution in [0.5, 0.6) is 0 Å². The van der Waals surface area contributed by atoms with Gasteiger partial charge in [0.1, 0.15) is 5.82 Å². The summed E-state index contributed by atoms with van der Waals surface area (Å²) in [4.78, 5) is 11.1. The van der Waals surface area contributed by atoms with Gasteiger partial charge >= 0.3 is 5.97 Å². The van der Waals surface area contributed by atoms with Crippen molar-refractivity contribution < 1.29 is 14.3 Å².